The Labute approximate surface area is 256 Å². The van der Waals surface area contributed by atoms with Gasteiger partial charge in [-0.05, 0) is 64.9 Å². The van der Waals surface area contributed by atoms with Crippen molar-refractivity contribution < 1.29 is 14.3 Å². The van der Waals surface area contributed by atoms with Crippen molar-refractivity contribution in [1.29, 1.82) is 0 Å². The van der Waals surface area contributed by atoms with Gasteiger partial charge in [-0.1, -0.05) is 88.7 Å². The van der Waals surface area contributed by atoms with Gasteiger partial charge in [0.15, 0.2) is 0 Å². The summed E-state index contributed by atoms with van der Waals surface area (Å²) >= 11 is 0. The number of amides is 2. The minimum Gasteiger partial charge on any atom is -0.497 e. The molecule has 226 valence electrons. The molecule has 0 fully saturated rings. The molecule has 1 aromatic heterocycles. The van der Waals surface area contributed by atoms with Gasteiger partial charge < -0.3 is 19.1 Å². The summed E-state index contributed by atoms with van der Waals surface area (Å²) in [4.78, 5) is 31.3. The molecule has 0 radical (unpaired) electrons. The fourth-order valence-corrected chi connectivity index (χ4v) is 5.11. The molecule has 43 heavy (non-hydrogen) atoms. The highest BCUT2D eigenvalue weighted by molar-refractivity contribution is 5.96. The number of carbonyl (C=O) groups is 2. The Hall–Kier alpha value is -4.32. The van der Waals surface area contributed by atoms with E-state index in [1.165, 1.54) is 5.56 Å². The van der Waals surface area contributed by atoms with E-state index in [2.05, 4.69) is 44.4 Å². The number of ether oxygens (including phenoxy) is 1. The molecule has 6 heteroatoms. The Morgan fingerprint density at radius 3 is 2.21 bits per heavy atom. The maximum atomic E-state index is 14.0. The van der Waals surface area contributed by atoms with Crippen molar-refractivity contribution >= 4 is 11.8 Å². The van der Waals surface area contributed by atoms with E-state index in [1.807, 2.05) is 90.0 Å². The topological polar surface area (TPSA) is 54.8 Å². The molecule has 0 aliphatic carbocycles. The molecular formula is C37H45N3O3. The van der Waals surface area contributed by atoms with Crippen LogP contribution in [0.4, 0.5) is 0 Å². The van der Waals surface area contributed by atoms with E-state index in [0.717, 1.165) is 35.4 Å². The van der Waals surface area contributed by atoms with Crippen LogP contribution in [-0.2, 0) is 29.8 Å². The van der Waals surface area contributed by atoms with Crippen molar-refractivity contribution in [3.8, 4) is 5.75 Å². The summed E-state index contributed by atoms with van der Waals surface area (Å²) in [5.41, 5.74) is 4.97. The van der Waals surface area contributed by atoms with Crippen LogP contribution in [0.15, 0.2) is 97.2 Å². The Bertz CT molecular complexity index is 1470. The van der Waals surface area contributed by atoms with Crippen molar-refractivity contribution in [3.63, 3.8) is 0 Å². The van der Waals surface area contributed by atoms with Crippen molar-refractivity contribution in [2.45, 2.75) is 65.6 Å². The van der Waals surface area contributed by atoms with Gasteiger partial charge >= 0.3 is 0 Å². The second kappa shape index (κ2) is 14.7. The van der Waals surface area contributed by atoms with Gasteiger partial charge in [0.2, 0.25) is 5.91 Å². The van der Waals surface area contributed by atoms with Crippen LogP contribution >= 0.6 is 0 Å². The molecule has 4 aromatic rings. The van der Waals surface area contributed by atoms with Gasteiger partial charge in [-0.3, -0.25) is 9.59 Å². The van der Waals surface area contributed by atoms with Crippen LogP contribution in [0.2, 0.25) is 0 Å². The molecule has 0 spiro atoms. The first kappa shape index (κ1) is 31.6. The molecule has 0 saturated carbocycles. The molecule has 2 amide bonds. The quantitative estimate of drug-likeness (QED) is 0.167. The molecule has 0 saturated heterocycles. The number of aromatic nitrogens is 1. The zero-order valence-electron chi connectivity index (χ0n) is 26.3. The third-order valence-corrected chi connectivity index (χ3v) is 7.73. The molecule has 0 unspecified atom stereocenters. The Balaban J connectivity index is 1.56. The summed E-state index contributed by atoms with van der Waals surface area (Å²) in [7, 11) is 1.67. The first-order valence-corrected chi connectivity index (χ1v) is 15.2. The predicted octanol–water partition coefficient (Wildman–Crippen LogP) is 7.31. The van der Waals surface area contributed by atoms with Crippen LogP contribution in [0.3, 0.4) is 0 Å². The number of hydrogen-bond acceptors (Lipinski definition) is 3. The maximum absolute atomic E-state index is 14.0. The molecule has 3 aromatic carbocycles. The van der Waals surface area contributed by atoms with Gasteiger partial charge in [0.05, 0.1) is 13.7 Å². The van der Waals surface area contributed by atoms with E-state index >= 15 is 0 Å². The smallest absolute Gasteiger partial charge is 0.254 e. The van der Waals surface area contributed by atoms with Gasteiger partial charge in [0, 0.05) is 37.1 Å². The van der Waals surface area contributed by atoms with Crippen molar-refractivity contribution in [3.05, 3.63) is 125 Å². The molecule has 4 rings (SSSR count). The number of nitrogens with zero attached hydrogens (tertiary/aromatic N) is 3. The lowest BCUT2D eigenvalue weighted by atomic mass is 9.86. The Morgan fingerprint density at radius 1 is 0.814 bits per heavy atom. The van der Waals surface area contributed by atoms with Gasteiger partial charge in [-0.2, -0.15) is 0 Å². The summed E-state index contributed by atoms with van der Waals surface area (Å²) in [6, 6.07) is 29.9. The number of rotatable bonds is 13. The first-order chi connectivity index (χ1) is 20.7. The third kappa shape index (κ3) is 8.84. The lowest BCUT2D eigenvalue weighted by Crippen LogP contribution is -2.43. The second-order valence-corrected chi connectivity index (χ2v) is 12.1. The highest BCUT2D eigenvalue weighted by Gasteiger charge is 2.24. The van der Waals surface area contributed by atoms with E-state index in [-0.39, 0.29) is 23.8 Å². The van der Waals surface area contributed by atoms with Crippen molar-refractivity contribution in [1.82, 2.24) is 14.4 Å². The largest absolute Gasteiger partial charge is 0.497 e. The van der Waals surface area contributed by atoms with Crippen LogP contribution in [0.25, 0.3) is 0 Å². The van der Waals surface area contributed by atoms with Gasteiger partial charge in [-0.25, -0.2) is 0 Å². The fraction of sp³-hybridized carbons (Fsp3) is 0.351. The molecule has 0 atom stereocenters. The van der Waals surface area contributed by atoms with Crippen LogP contribution in [0.5, 0.6) is 5.75 Å². The molecule has 6 nitrogen and oxygen atoms in total. The molecule has 1 heterocycles. The van der Waals surface area contributed by atoms with Gasteiger partial charge in [0.1, 0.15) is 12.3 Å². The van der Waals surface area contributed by atoms with E-state index < -0.39 is 0 Å². The number of hydrogen-bond donors (Lipinski definition) is 0. The summed E-state index contributed by atoms with van der Waals surface area (Å²) in [6.07, 6.45) is 3.81. The summed E-state index contributed by atoms with van der Waals surface area (Å²) < 4.78 is 7.57. The average Bonchev–Trinajstić information content (AvgIpc) is 3.44. The molecule has 0 bridgehead atoms. The molecule has 0 aliphatic heterocycles. The fourth-order valence-electron chi connectivity index (χ4n) is 5.11. The van der Waals surface area contributed by atoms with Crippen molar-refractivity contribution in [2.24, 2.45) is 0 Å². The first-order valence-electron chi connectivity index (χ1n) is 15.2. The highest BCUT2D eigenvalue weighted by atomic mass is 16.5. The lowest BCUT2D eigenvalue weighted by molar-refractivity contribution is -0.133. The zero-order chi connectivity index (χ0) is 30.8. The van der Waals surface area contributed by atoms with Gasteiger partial charge in [0.25, 0.3) is 5.91 Å². The van der Waals surface area contributed by atoms with E-state index in [0.29, 0.717) is 31.7 Å². The zero-order valence-corrected chi connectivity index (χ0v) is 26.3. The summed E-state index contributed by atoms with van der Waals surface area (Å²) in [6.45, 7) is 10.7. The minimum atomic E-state index is -0.108. The third-order valence-electron chi connectivity index (χ3n) is 7.73. The number of carbonyl (C=O) groups excluding carboxylic acids is 2. The Morgan fingerprint density at radius 2 is 1.53 bits per heavy atom. The van der Waals surface area contributed by atoms with E-state index in [1.54, 1.807) is 12.0 Å². The van der Waals surface area contributed by atoms with Crippen LogP contribution in [0, 0.1) is 0 Å². The molecular weight excluding hydrogens is 534 g/mol. The van der Waals surface area contributed by atoms with Crippen molar-refractivity contribution in [2.75, 3.05) is 20.2 Å². The average molecular weight is 580 g/mol. The minimum absolute atomic E-state index is 0.00161. The SMILES string of the molecule is CCCCN(CC(=O)N(Cc1ccccc1)Cc1cccn1Cc1cccc(OC)c1)C(=O)c1ccc(C(C)(C)C)cc1. The standard InChI is InChI=1S/C37H45N3O3/c1-6-7-22-39(36(42)31-18-20-32(21-19-31)37(2,3)4)28-35(41)40(25-29-13-9-8-10-14-29)27-33-16-12-23-38(33)26-30-15-11-17-34(24-30)43-5/h8-21,23-24H,6-7,22,25-28H2,1-5H3. The second-order valence-electron chi connectivity index (χ2n) is 12.1. The van der Waals surface area contributed by atoms with E-state index in [4.69, 9.17) is 4.74 Å². The number of methoxy groups -OCH3 is 1. The Kier molecular flexibility index (Phi) is 10.8. The van der Waals surface area contributed by atoms with Crippen LogP contribution in [-0.4, -0.2) is 46.4 Å². The molecule has 0 aliphatic rings. The van der Waals surface area contributed by atoms with Crippen LogP contribution < -0.4 is 4.74 Å². The normalized spacial score (nSPS) is 11.3. The van der Waals surface area contributed by atoms with Gasteiger partial charge in [-0.15, -0.1) is 0 Å². The lowest BCUT2D eigenvalue weighted by Gasteiger charge is -2.28. The summed E-state index contributed by atoms with van der Waals surface area (Å²) in [5, 5.41) is 0. The highest BCUT2D eigenvalue weighted by Crippen LogP contribution is 2.23. The monoisotopic (exact) mass is 579 g/mol. The summed E-state index contributed by atoms with van der Waals surface area (Å²) in [5.74, 6) is 0.633. The molecule has 0 N–H and O–H groups in total. The number of unbranched alkanes of at least 4 members (excludes halogenated alkanes) is 1. The number of benzene rings is 3. The van der Waals surface area contributed by atoms with Crippen LogP contribution in [0.1, 0.15) is 73.3 Å². The van der Waals surface area contributed by atoms with E-state index in [9.17, 15) is 9.59 Å². The predicted molar refractivity (Wildman–Crippen MR) is 173 cm³/mol. The maximum Gasteiger partial charge on any atom is 0.254 e.